The summed E-state index contributed by atoms with van der Waals surface area (Å²) >= 11 is 0. The minimum atomic E-state index is -0.140. The van der Waals surface area contributed by atoms with Crippen molar-refractivity contribution in [3.05, 3.63) is 30.1 Å². The lowest BCUT2D eigenvalue weighted by Gasteiger charge is -2.12. The Morgan fingerprint density at radius 3 is 3.00 bits per heavy atom. The minimum Gasteiger partial charge on any atom is -0.385 e. The number of carbonyl (C=O) groups excluding carboxylic acids is 1. The Labute approximate surface area is 89.7 Å². The summed E-state index contributed by atoms with van der Waals surface area (Å²) in [5.74, 6) is -0.140. The highest BCUT2D eigenvalue weighted by molar-refractivity contribution is 5.92. The molecule has 82 valence electrons. The normalized spacial score (nSPS) is 12.1. The van der Waals surface area contributed by atoms with E-state index in [9.17, 15) is 4.79 Å². The summed E-state index contributed by atoms with van der Waals surface area (Å²) in [4.78, 5) is 15.6. The number of rotatable bonds is 5. The third-order valence-electron chi connectivity index (χ3n) is 2.03. The van der Waals surface area contributed by atoms with Gasteiger partial charge in [-0.1, -0.05) is 6.07 Å². The Kier molecular flexibility index (Phi) is 4.77. The Balaban J connectivity index is 2.42. The molecule has 0 aliphatic rings. The van der Waals surface area contributed by atoms with Gasteiger partial charge in [-0.15, -0.1) is 0 Å². The van der Waals surface area contributed by atoms with Gasteiger partial charge in [0.05, 0.1) is 0 Å². The summed E-state index contributed by atoms with van der Waals surface area (Å²) in [6, 6.07) is 5.37. The molecule has 1 heterocycles. The van der Waals surface area contributed by atoms with E-state index < -0.39 is 0 Å². The molecule has 1 aromatic heterocycles. The smallest absolute Gasteiger partial charge is 0.270 e. The lowest BCUT2D eigenvalue weighted by molar-refractivity contribution is 0.0924. The maximum atomic E-state index is 11.6. The fourth-order valence-electron chi connectivity index (χ4n) is 1.16. The maximum absolute atomic E-state index is 11.6. The van der Waals surface area contributed by atoms with Gasteiger partial charge in [0.1, 0.15) is 5.69 Å². The SMILES string of the molecule is COCCC(C)NC(=O)c1ccccn1. The zero-order chi connectivity index (χ0) is 11.1. The van der Waals surface area contributed by atoms with Gasteiger partial charge in [-0.2, -0.15) is 0 Å². The molecule has 0 aliphatic carbocycles. The van der Waals surface area contributed by atoms with Crippen LogP contribution in [0.4, 0.5) is 0 Å². The molecular weight excluding hydrogens is 192 g/mol. The highest BCUT2D eigenvalue weighted by Gasteiger charge is 2.09. The Morgan fingerprint density at radius 1 is 1.60 bits per heavy atom. The first-order valence-electron chi connectivity index (χ1n) is 4.95. The fraction of sp³-hybridized carbons (Fsp3) is 0.455. The molecule has 0 saturated carbocycles. The summed E-state index contributed by atoms with van der Waals surface area (Å²) in [5.41, 5.74) is 0.446. The first-order valence-corrected chi connectivity index (χ1v) is 4.95. The molecule has 0 radical (unpaired) electrons. The number of aromatic nitrogens is 1. The molecule has 1 atom stereocenters. The van der Waals surface area contributed by atoms with E-state index in [1.54, 1.807) is 31.5 Å². The third-order valence-corrected chi connectivity index (χ3v) is 2.03. The van der Waals surface area contributed by atoms with Crippen molar-refractivity contribution in [2.45, 2.75) is 19.4 Å². The summed E-state index contributed by atoms with van der Waals surface area (Å²) < 4.78 is 4.93. The van der Waals surface area contributed by atoms with Crippen molar-refractivity contribution in [1.82, 2.24) is 10.3 Å². The number of hydrogen-bond donors (Lipinski definition) is 1. The van der Waals surface area contributed by atoms with E-state index in [0.717, 1.165) is 6.42 Å². The molecule has 0 aliphatic heterocycles. The Morgan fingerprint density at radius 2 is 2.40 bits per heavy atom. The number of ether oxygens (including phenoxy) is 1. The van der Waals surface area contributed by atoms with Crippen molar-refractivity contribution < 1.29 is 9.53 Å². The van der Waals surface area contributed by atoms with Gasteiger partial charge < -0.3 is 10.1 Å². The highest BCUT2D eigenvalue weighted by atomic mass is 16.5. The topological polar surface area (TPSA) is 51.2 Å². The van der Waals surface area contributed by atoms with Crippen LogP contribution in [-0.4, -0.2) is 30.6 Å². The van der Waals surface area contributed by atoms with Crippen molar-refractivity contribution in [3.63, 3.8) is 0 Å². The third kappa shape index (κ3) is 4.08. The number of nitrogens with one attached hydrogen (secondary N) is 1. The number of carbonyl (C=O) groups is 1. The first kappa shape index (κ1) is 11.7. The second kappa shape index (κ2) is 6.14. The molecule has 0 spiro atoms. The molecule has 4 heteroatoms. The number of amides is 1. The molecule has 0 aromatic carbocycles. The Bertz CT molecular complexity index is 301. The molecule has 1 amide bonds. The van der Waals surface area contributed by atoms with E-state index in [0.29, 0.717) is 12.3 Å². The van der Waals surface area contributed by atoms with Crippen molar-refractivity contribution in [2.24, 2.45) is 0 Å². The zero-order valence-corrected chi connectivity index (χ0v) is 9.06. The largest absolute Gasteiger partial charge is 0.385 e. The monoisotopic (exact) mass is 208 g/mol. The molecule has 0 saturated heterocycles. The van der Waals surface area contributed by atoms with E-state index in [1.165, 1.54) is 0 Å². The predicted molar refractivity (Wildman–Crippen MR) is 57.7 cm³/mol. The molecule has 0 bridgehead atoms. The number of nitrogens with zero attached hydrogens (tertiary/aromatic N) is 1. The van der Waals surface area contributed by atoms with Crippen molar-refractivity contribution in [3.8, 4) is 0 Å². The van der Waals surface area contributed by atoms with Crippen LogP contribution in [0.5, 0.6) is 0 Å². The van der Waals surface area contributed by atoms with Gasteiger partial charge in [-0.05, 0) is 25.5 Å². The molecule has 1 unspecified atom stereocenters. The van der Waals surface area contributed by atoms with Crippen LogP contribution in [0.25, 0.3) is 0 Å². The van der Waals surface area contributed by atoms with Crippen LogP contribution in [0.2, 0.25) is 0 Å². The van der Waals surface area contributed by atoms with Crippen molar-refractivity contribution in [2.75, 3.05) is 13.7 Å². The highest BCUT2D eigenvalue weighted by Crippen LogP contribution is 1.96. The molecule has 1 rings (SSSR count). The summed E-state index contributed by atoms with van der Waals surface area (Å²) in [6.45, 7) is 2.59. The quantitative estimate of drug-likeness (QED) is 0.792. The van der Waals surface area contributed by atoms with Gasteiger partial charge in [0.15, 0.2) is 0 Å². The van der Waals surface area contributed by atoms with Gasteiger partial charge >= 0.3 is 0 Å². The number of pyridine rings is 1. The number of hydrogen-bond acceptors (Lipinski definition) is 3. The average molecular weight is 208 g/mol. The lowest BCUT2D eigenvalue weighted by Crippen LogP contribution is -2.33. The second-order valence-corrected chi connectivity index (χ2v) is 3.37. The predicted octanol–water partition coefficient (Wildman–Crippen LogP) is 1.24. The maximum Gasteiger partial charge on any atom is 0.270 e. The van der Waals surface area contributed by atoms with E-state index >= 15 is 0 Å². The van der Waals surface area contributed by atoms with Crippen LogP contribution < -0.4 is 5.32 Å². The first-order chi connectivity index (χ1) is 7.24. The van der Waals surface area contributed by atoms with Crippen LogP contribution in [0, 0.1) is 0 Å². The summed E-state index contributed by atoms with van der Waals surface area (Å²) in [6.07, 6.45) is 2.41. The van der Waals surface area contributed by atoms with Gasteiger partial charge in [0.2, 0.25) is 0 Å². The molecule has 4 nitrogen and oxygen atoms in total. The lowest BCUT2D eigenvalue weighted by atomic mass is 10.2. The molecule has 15 heavy (non-hydrogen) atoms. The van der Waals surface area contributed by atoms with Crippen LogP contribution in [0.3, 0.4) is 0 Å². The molecule has 1 aromatic rings. The van der Waals surface area contributed by atoms with Crippen LogP contribution in [-0.2, 0) is 4.74 Å². The van der Waals surface area contributed by atoms with E-state index in [-0.39, 0.29) is 11.9 Å². The average Bonchev–Trinajstić information content (AvgIpc) is 2.27. The van der Waals surface area contributed by atoms with Crippen LogP contribution in [0.1, 0.15) is 23.8 Å². The van der Waals surface area contributed by atoms with E-state index in [4.69, 9.17) is 4.74 Å². The van der Waals surface area contributed by atoms with Crippen molar-refractivity contribution >= 4 is 5.91 Å². The van der Waals surface area contributed by atoms with Crippen LogP contribution >= 0.6 is 0 Å². The molecule has 0 fully saturated rings. The van der Waals surface area contributed by atoms with Crippen LogP contribution in [0.15, 0.2) is 24.4 Å². The Hall–Kier alpha value is -1.42. The number of methoxy groups -OCH3 is 1. The van der Waals surface area contributed by atoms with Gasteiger partial charge in [0.25, 0.3) is 5.91 Å². The minimum absolute atomic E-state index is 0.0967. The summed E-state index contributed by atoms with van der Waals surface area (Å²) in [5, 5.41) is 2.85. The standard InChI is InChI=1S/C11H16N2O2/c1-9(6-8-15-2)13-11(14)10-5-3-4-7-12-10/h3-5,7,9H,6,8H2,1-2H3,(H,13,14). The molecule has 1 N–H and O–H groups in total. The van der Waals surface area contributed by atoms with Crippen molar-refractivity contribution in [1.29, 1.82) is 0 Å². The summed E-state index contributed by atoms with van der Waals surface area (Å²) in [7, 11) is 1.65. The molecular formula is C11H16N2O2. The van der Waals surface area contributed by atoms with E-state index in [1.807, 2.05) is 6.92 Å². The van der Waals surface area contributed by atoms with Gasteiger partial charge in [-0.3, -0.25) is 9.78 Å². The van der Waals surface area contributed by atoms with Gasteiger partial charge in [-0.25, -0.2) is 0 Å². The van der Waals surface area contributed by atoms with Gasteiger partial charge in [0, 0.05) is 26.0 Å². The fourth-order valence-corrected chi connectivity index (χ4v) is 1.16. The second-order valence-electron chi connectivity index (χ2n) is 3.37. The van der Waals surface area contributed by atoms with E-state index in [2.05, 4.69) is 10.3 Å². The zero-order valence-electron chi connectivity index (χ0n) is 9.06.